The zero-order chi connectivity index (χ0) is 39.1. The normalized spacial score (nSPS) is 47.9. The molecule has 4 saturated heterocycles. The molecule has 19 atom stereocenters. The molecule has 13 nitrogen and oxygen atoms in total. The lowest BCUT2D eigenvalue weighted by Gasteiger charge is -2.48. The summed E-state index contributed by atoms with van der Waals surface area (Å²) in [5, 5.41) is 45.5. The molecule has 0 aliphatic carbocycles. The van der Waals surface area contributed by atoms with Gasteiger partial charge in [0.1, 0.15) is 23.9 Å². The predicted molar refractivity (Wildman–Crippen MR) is 192 cm³/mol. The van der Waals surface area contributed by atoms with Crippen molar-refractivity contribution in [1.82, 2.24) is 4.90 Å². The van der Waals surface area contributed by atoms with Gasteiger partial charge < -0.3 is 53.6 Å². The van der Waals surface area contributed by atoms with Gasteiger partial charge in [-0.15, -0.1) is 6.42 Å². The van der Waals surface area contributed by atoms with E-state index in [0.29, 0.717) is 19.4 Å². The number of terminal acetylenes is 1. The van der Waals surface area contributed by atoms with Crippen molar-refractivity contribution in [2.24, 2.45) is 23.7 Å². The SMILES string of the molecule is C#CCN(C)C1CC(C)O[C@@H](O[C@@H]2[C@@H](C)[C@H](O[C@H]3CC(C)(OC)[C@@H](O)C(C)O3)[C@@H](C)C(=O)O[C@@H]([C@](C)(O)[C@H](O)CC)[C@@H](C)C3O[C@]2(C)CC3C)C1O. The van der Waals surface area contributed by atoms with Gasteiger partial charge in [0.25, 0.3) is 0 Å². The molecule has 0 radical (unpaired) electrons. The number of fused-ring (bicyclic) bond motifs is 2. The number of hydrogen-bond acceptors (Lipinski definition) is 13. The molecule has 0 amide bonds. The third-order valence-electron chi connectivity index (χ3n) is 12.6. The fourth-order valence-electron chi connectivity index (χ4n) is 9.39. The summed E-state index contributed by atoms with van der Waals surface area (Å²) in [4.78, 5) is 16.2. The van der Waals surface area contributed by atoms with Crippen LogP contribution in [-0.2, 0) is 38.0 Å². The molecule has 0 aromatic carbocycles. The highest BCUT2D eigenvalue weighted by Crippen LogP contribution is 2.48. The van der Waals surface area contributed by atoms with Crippen LogP contribution in [0.1, 0.15) is 94.9 Å². The summed E-state index contributed by atoms with van der Waals surface area (Å²) in [6.45, 7) is 18.5. The number of nitrogens with zero attached hydrogens (tertiary/aromatic N) is 1. The van der Waals surface area contributed by atoms with Crippen molar-refractivity contribution in [2.75, 3.05) is 20.7 Å². The van der Waals surface area contributed by atoms with E-state index in [2.05, 4.69) is 5.92 Å². The molecule has 4 rings (SSSR count). The van der Waals surface area contributed by atoms with Crippen LogP contribution in [0.2, 0.25) is 0 Å². The second-order valence-electron chi connectivity index (χ2n) is 16.9. The second-order valence-corrected chi connectivity index (χ2v) is 16.9. The summed E-state index contributed by atoms with van der Waals surface area (Å²) in [5.74, 6) is -0.138. The minimum Gasteiger partial charge on any atom is -0.459 e. The van der Waals surface area contributed by atoms with Gasteiger partial charge in [0.05, 0.1) is 60.3 Å². The van der Waals surface area contributed by atoms with Crippen molar-refractivity contribution < 1.29 is 58.4 Å². The van der Waals surface area contributed by atoms with Crippen LogP contribution < -0.4 is 0 Å². The highest BCUT2D eigenvalue weighted by molar-refractivity contribution is 5.73. The lowest BCUT2D eigenvalue weighted by atomic mass is 9.76. The van der Waals surface area contributed by atoms with E-state index in [4.69, 9.17) is 39.6 Å². The molecule has 0 spiro atoms. The van der Waals surface area contributed by atoms with Crippen molar-refractivity contribution in [1.29, 1.82) is 0 Å². The van der Waals surface area contributed by atoms with Crippen LogP contribution >= 0.6 is 0 Å². The summed E-state index contributed by atoms with van der Waals surface area (Å²) >= 11 is 0. The predicted octanol–water partition coefficient (Wildman–Crippen LogP) is 2.63. The molecule has 4 aliphatic rings. The Labute approximate surface area is 310 Å². The molecule has 0 saturated carbocycles. The van der Waals surface area contributed by atoms with Crippen LogP contribution in [0.3, 0.4) is 0 Å². The number of carbonyl (C=O) groups excluding carboxylic acids is 1. The van der Waals surface area contributed by atoms with Gasteiger partial charge in [-0.05, 0) is 73.8 Å². The Kier molecular flexibility index (Phi) is 14.0. The van der Waals surface area contributed by atoms with Gasteiger partial charge >= 0.3 is 5.97 Å². The smallest absolute Gasteiger partial charge is 0.311 e. The maximum absolute atomic E-state index is 14.3. The number of ether oxygens (including phenoxy) is 7. The maximum atomic E-state index is 14.3. The minimum absolute atomic E-state index is 0.0812. The number of likely N-dealkylation sites (N-methyl/N-ethyl adjacent to an activating group) is 1. The minimum atomic E-state index is -1.80. The van der Waals surface area contributed by atoms with E-state index in [0.717, 1.165) is 0 Å². The quantitative estimate of drug-likeness (QED) is 0.191. The molecule has 4 N–H and O–H groups in total. The van der Waals surface area contributed by atoms with Gasteiger partial charge in [-0.25, -0.2) is 0 Å². The van der Waals surface area contributed by atoms with Crippen molar-refractivity contribution in [3.63, 3.8) is 0 Å². The van der Waals surface area contributed by atoms with Gasteiger partial charge in [0.2, 0.25) is 0 Å². The van der Waals surface area contributed by atoms with Crippen LogP contribution in [0.15, 0.2) is 0 Å². The monoisotopic (exact) mass is 741 g/mol. The molecular formula is C39H67NO12. The first-order valence-electron chi connectivity index (χ1n) is 19.1. The van der Waals surface area contributed by atoms with Gasteiger partial charge in [-0.3, -0.25) is 9.69 Å². The van der Waals surface area contributed by atoms with E-state index in [1.807, 2.05) is 46.6 Å². The standard InChI is InChI=1S/C39H67NO12/c1-14-16-40(12)26-17-21(4)47-36(29(26)42)51-33-23(6)31(49-28-19-37(9,46-13)32(43)25(8)48-28)24(7)35(44)50-34(39(11,45)27(41)15-2)22(5)30-20(3)18-38(33,10)52-30/h1,20-34,36,41-43,45H,15-19H2,2-13H3/t20?,21?,22-,23-,24+,25?,26?,27+,28-,29?,30?,31-,32-,33+,34+,36-,37?,38+,39+/m0/s1. The Bertz CT molecular complexity index is 1250. The largest absolute Gasteiger partial charge is 0.459 e. The molecule has 4 heterocycles. The first-order chi connectivity index (χ1) is 24.1. The van der Waals surface area contributed by atoms with Crippen LogP contribution in [0.5, 0.6) is 0 Å². The Hall–Kier alpha value is -1.41. The fraction of sp³-hybridized carbons (Fsp3) is 0.923. The number of hydrogen-bond donors (Lipinski definition) is 4. The number of rotatable bonds is 10. The number of methoxy groups -OCH3 is 1. The Morgan fingerprint density at radius 3 is 2.33 bits per heavy atom. The van der Waals surface area contributed by atoms with E-state index in [9.17, 15) is 25.2 Å². The first-order valence-corrected chi connectivity index (χ1v) is 19.1. The molecule has 4 aliphatic heterocycles. The van der Waals surface area contributed by atoms with Gasteiger partial charge in [0, 0.05) is 31.4 Å². The highest BCUT2D eigenvalue weighted by atomic mass is 16.7. The zero-order valence-electron chi connectivity index (χ0n) is 33.4. The molecule has 13 heteroatoms. The molecule has 7 unspecified atom stereocenters. The van der Waals surface area contributed by atoms with E-state index >= 15 is 0 Å². The topological polar surface area (TPSA) is 166 Å². The summed E-state index contributed by atoms with van der Waals surface area (Å²) in [6.07, 6.45) is -2.26. The lowest BCUT2D eigenvalue weighted by molar-refractivity contribution is -0.318. The molecular weight excluding hydrogens is 674 g/mol. The average Bonchev–Trinajstić information content (AvgIpc) is 3.40. The van der Waals surface area contributed by atoms with Gasteiger partial charge in [-0.2, -0.15) is 0 Å². The first kappa shape index (κ1) is 43.3. The number of aliphatic hydroxyl groups is 4. The Morgan fingerprint density at radius 2 is 1.73 bits per heavy atom. The van der Waals surface area contributed by atoms with Crippen LogP contribution in [-0.4, -0.2) is 142 Å². The van der Waals surface area contributed by atoms with Crippen molar-refractivity contribution >= 4 is 5.97 Å². The Balaban J connectivity index is 1.82. The van der Waals surface area contributed by atoms with E-state index in [-0.39, 0.29) is 30.9 Å². The second kappa shape index (κ2) is 16.8. The maximum Gasteiger partial charge on any atom is 0.311 e. The van der Waals surface area contributed by atoms with Crippen molar-refractivity contribution in [2.45, 2.75) is 185 Å². The van der Waals surface area contributed by atoms with Crippen LogP contribution in [0.4, 0.5) is 0 Å². The number of carbonyl (C=O) groups is 1. The summed E-state index contributed by atoms with van der Waals surface area (Å²) < 4.78 is 45.2. The lowest BCUT2D eigenvalue weighted by Crippen LogP contribution is -2.60. The molecule has 52 heavy (non-hydrogen) atoms. The van der Waals surface area contributed by atoms with Crippen LogP contribution in [0, 0.1) is 36.0 Å². The van der Waals surface area contributed by atoms with E-state index in [1.54, 1.807) is 27.7 Å². The van der Waals surface area contributed by atoms with Gasteiger partial charge in [-0.1, -0.05) is 33.6 Å². The fourth-order valence-corrected chi connectivity index (χ4v) is 9.39. The number of esters is 1. The highest BCUT2D eigenvalue weighted by Gasteiger charge is 2.59. The van der Waals surface area contributed by atoms with Crippen molar-refractivity contribution in [3.05, 3.63) is 0 Å². The third kappa shape index (κ3) is 8.53. The number of cyclic esters (lactones) is 1. The summed E-state index contributed by atoms with van der Waals surface area (Å²) in [5.41, 5.74) is -3.79. The molecule has 300 valence electrons. The third-order valence-corrected chi connectivity index (χ3v) is 12.6. The molecule has 2 bridgehead atoms. The van der Waals surface area contributed by atoms with Crippen LogP contribution in [0.25, 0.3) is 0 Å². The molecule has 0 aromatic rings. The molecule has 4 fully saturated rings. The number of aliphatic hydroxyl groups excluding tert-OH is 3. The van der Waals surface area contributed by atoms with E-state index < -0.39 is 102 Å². The van der Waals surface area contributed by atoms with E-state index in [1.165, 1.54) is 14.0 Å². The Morgan fingerprint density at radius 1 is 1.08 bits per heavy atom. The molecule has 0 aromatic heterocycles. The summed E-state index contributed by atoms with van der Waals surface area (Å²) in [7, 11) is 3.39. The zero-order valence-corrected chi connectivity index (χ0v) is 33.4. The summed E-state index contributed by atoms with van der Waals surface area (Å²) in [6, 6.07) is -0.337. The van der Waals surface area contributed by atoms with Crippen molar-refractivity contribution in [3.8, 4) is 12.3 Å². The average molecular weight is 742 g/mol. The van der Waals surface area contributed by atoms with Gasteiger partial charge in [0.15, 0.2) is 12.6 Å².